The Labute approximate surface area is 107 Å². The van der Waals surface area contributed by atoms with Crippen LogP contribution in [0.25, 0.3) is 0 Å². The van der Waals surface area contributed by atoms with Gasteiger partial charge in [-0.15, -0.1) is 0 Å². The minimum absolute atomic E-state index is 0.230. The van der Waals surface area contributed by atoms with Crippen LogP contribution in [0.4, 0.5) is 5.69 Å². The number of rotatable bonds is 3. The summed E-state index contributed by atoms with van der Waals surface area (Å²) in [7, 11) is 0. The molecule has 0 amide bonds. The zero-order chi connectivity index (χ0) is 12.8. The maximum Gasteiger partial charge on any atom is 0.133 e. The normalized spacial score (nSPS) is 12.4. The number of hydrogen-bond donors (Lipinski definition) is 2. The molecule has 0 spiro atoms. The first-order chi connectivity index (χ1) is 7.97. The standard InChI is InChI=1S/C13H16ClN3/c1-9-4-6-12(7-5-9)17-13(8-10(2)14)16-11(3)15/h4-8H,3,15H2,1-2H3,(H,16,17)/b10-8+. The summed E-state index contributed by atoms with van der Waals surface area (Å²) in [6.07, 6.45) is 1.69. The Balaban J connectivity index is 2.91. The van der Waals surface area contributed by atoms with Crippen molar-refractivity contribution in [2.45, 2.75) is 13.8 Å². The van der Waals surface area contributed by atoms with Gasteiger partial charge in [-0.3, -0.25) is 0 Å². The van der Waals surface area contributed by atoms with E-state index in [9.17, 15) is 0 Å². The maximum atomic E-state index is 5.82. The molecule has 0 aliphatic carbocycles. The lowest BCUT2D eigenvalue weighted by atomic mass is 10.2. The predicted molar refractivity (Wildman–Crippen MR) is 75.2 cm³/mol. The fourth-order valence-electron chi connectivity index (χ4n) is 1.22. The zero-order valence-corrected chi connectivity index (χ0v) is 10.8. The third-order valence-corrected chi connectivity index (χ3v) is 2.03. The number of nitrogens with one attached hydrogen (secondary N) is 1. The average molecular weight is 250 g/mol. The monoisotopic (exact) mass is 249 g/mol. The molecule has 0 radical (unpaired) electrons. The third kappa shape index (κ3) is 5.22. The van der Waals surface area contributed by atoms with E-state index in [1.54, 1.807) is 13.0 Å². The van der Waals surface area contributed by atoms with Gasteiger partial charge in [0.2, 0.25) is 0 Å². The van der Waals surface area contributed by atoms with Gasteiger partial charge in [0.05, 0.1) is 0 Å². The highest BCUT2D eigenvalue weighted by Gasteiger charge is 1.98. The molecule has 0 unspecified atom stereocenters. The van der Waals surface area contributed by atoms with Crippen molar-refractivity contribution in [2.24, 2.45) is 10.7 Å². The van der Waals surface area contributed by atoms with Crippen LogP contribution in [-0.2, 0) is 0 Å². The van der Waals surface area contributed by atoms with E-state index in [4.69, 9.17) is 17.3 Å². The van der Waals surface area contributed by atoms with E-state index in [2.05, 4.69) is 16.9 Å². The van der Waals surface area contributed by atoms with Crippen LogP contribution in [-0.4, -0.2) is 5.84 Å². The number of anilines is 1. The van der Waals surface area contributed by atoms with Gasteiger partial charge in [0.15, 0.2) is 0 Å². The van der Waals surface area contributed by atoms with Crippen molar-refractivity contribution in [3.05, 3.63) is 53.3 Å². The Bertz CT molecular complexity index is 454. The second-order valence-corrected chi connectivity index (χ2v) is 4.31. The van der Waals surface area contributed by atoms with Crippen LogP contribution in [0.15, 0.2) is 52.8 Å². The summed E-state index contributed by atoms with van der Waals surface area (Å²) in [6.45, 7) is 7.34. The number of nitrogens with zero attached hydrogens (tertiary/aromatic N) is 1. The molecule has 0 atom stereocenters. The Kier molecular flexibility index (Phi) is 4.79. The molecule has 3 nitrogen and oxygen atoms in total. The van der Waals surface area contributed by atoms with Gasteiger partial charge < -0.3 is 11.1 Å². The topological polar surface area (TPSA) is 50.4 Å². The van der Waals surface area contributed by atoms with Gasteiger partial charge in [0, 0.05) is 10.7 Å². The minimum Gasteiger partial charge on any atom is -0.384 e. The van der Waals surface area contributed by atoms with Crippen LogP contribution in [0, 0.1) is 6.92 Å². The number of amidine groups is 1. The Morgan fingerprint density at radius 1 is 1.41 bits per heavy atom. The van der Waals surface area contributed by atoms with Crippen molar-refractivity contribution in [1.82, 2.24) is 0 Å². The smallest absolute Gasteiger partial charge is 0.133 e. The summed E-state index contributed by atoms with van der Waals surface area (Å²) in [5.41, 5.74) is 7.57. The molecule has 4 heteroatoms. The number of aryl methyl sites for hydroxylation is 1. The molecule has 90 valence electrons. The van der Waals surface area contributed by atoms with Gasteiger partial charge in [-0.05, 0) is 32.1 Å². The molecule has 0 aromatic heterocycles. The lowest BCUT2D eigenvalue weighted by molar-refractivity contribution is 1.26. The number of nitrogens with two attached hydrogens (primary N) is 1. The molecule has 0 aliphatic rings. The van der Waals surface area contributed by atoms with Gasteiger partial charge in [-0.2, -0.15) is 0 Å². The molecule has 3 N–H and O–H groups in total. The number of halogens is 1. The lowest BCUT2D eigenvalue weighted by Gasteiger charge is -2.07. The van der Waals surface area contributed by atoms with Gasteiger partial charge in [0.25, 0.3) is 0 Å². The van der Waals surface area contributed by atoms with Crippen LogP contribution in [0.2, 0.25) is 0 Å². The molecular formula is C13H16ClN3. The second kappa shape index (κ2) is 6.11. The number of benzene rings is 1. The summed E-state index contributed by atoms with van der Waals surface area (Å²) in [5.74, 6) is 0.794. The maximum absolute atomic E-state index is 5.82. The fraction of sp³-hybridized carbons (Fsp3) is 0.154. The Morgan fingerprint density at radius 2 is 2.00 bits per heavy atom. The highest BCUT2D eigenvalue weighted by molar-refractivity contribution is 6.31. The predicted octanol–water partition coefficient (Wildman–Crippen LogP) is 3.38. The third-order valence-electron chi connectivity index (χ3n) is 1.92. The van der Waals surface area contributed by atoms with Crippen LogP contribution in [0.1, 0.15) is 12.5 Å². The summed E-state index contributed by atoms with van der Waals surface area (Å²) >= 11 is 5.82. The zero-order valence-electron chi connectivity index (χ0n) is 10.00. The summed E-state index contributed by atoms with van der Waals surface area (Å²) in [5, 5.41) is 3.73. The molecule has 0 fully saturated rings. The summed E-state index contributed by atoms with van der Waals surface area (Å²) in [4.78, 5) is 4.06. The van der Waals surface area contributed by atoms with Gasteiger partial charge >= 0.3 is 0 Å². The number of aliphatic imine (C=N–C) groups is 1. The van der Waals surface area contributed by atoms with Crippen molar-refractivity contribution in [1.29, 1.82) is 0 Å². The van der Waals surface area contributed by atoms with Crippen molar-refractivity contribution in [3.8, 4) is 0 Å². The first-order valence-corrected chi connectivity index (χ1v) is 5.56. The largest absolute Gasteiger partial charge is 0.384 e. The molecule has 0 aliphatic heterocycles. The van der Waals surface area contributed by atoms with E-state index in [0.717, 1.165) is 5.69 Å². The van der Waals surface area contributed by atoms with Crippen LogP contribution in [0.5, 0.6) is 0 Å². The first-order valence-electron chi connectivity index (χ1n) is 5.18. The van der Waals surface area contributed by atoms with Crippen LogP contribution >= 0.6 is 11.6 Å². The van der Waals surface area contributed by atoms with E-state index in [1.807, 2.05) is 31.2 Å². The molecule has 1 aromatic rings. The van der Waals surface area contributed by atoms with Crippen molar-refractivity contribution in [2.75, 3.05) is 5.32 Å². The molecule has 1 rings (SSSR count). The molecule has 0 bridgehead atoms. The SMILES string of the molecule is C=C(N)/N=C(\C=C(/C)Cl)Nc1ccc(C)cc1. The molecule has 1 aromatic carbocycles. The van der Waals surface area contributed by atoms with Crippen molar-refractivity contribution < 1.29 is 0 Å². The Hall–Kier alpha value is -1.74. The molecular weight excluding hydrogens is 234 g/mol. The molecule has 0 saturated heterocycles. The quantitative estimate of drug-likeness (QED) is 0.637. The molecule has 0 saturated carbocycles. The highest BCUT2D eigenvalue weighted by atomic mass is 35.5. The minimum atomic E-state index is 0.230. The fourth-order valence-corrected chi connectivity index (χ4v) is 1.33. The first kappa shape index (κ1) is 13.3. The number of hydrogen-bond acceptors (Lipinski definition) is 2. The van der Waals surface area contributed by atoms with Gasteiger partial charge in [0.1, 0.15) is 11.7 Å². The highest BCUT2D eigenvalue weighted by Crippen LogP contribution is 2.10. The van der Waals surface area contributed by atoms with E-state index >= 15 is 0 Å². The lowest BCUT2D eigenvalue weighted by Crippen LogP contribution is -2.11. The van der Waals surface area contributed by atoms with Crippen molar-refractivity contribution in [3.63, 3.8) is 0 Å². The second-order valence-electron chi connectivity index (χ2n) is 3.71. The molecule has 17 heavy (non-hydrogen) atoms. The molecule has 0 heterocycles. The van der Waals surface area contributed by atoms with E-state index < -0.39 is 0 Å². The summed E-state index contributed by atoms with van der Waals surface area (Å²) in [6, 6.07) is 7.94. The number of allylic oxidation sites excluding steroid dienone is 1. The van der Waals surface area contributed by atoms with Crippen LogP contribution < -0.4 is 11.1 Å². The van der Waals surface area contributed by atoms with Gasteiger partial charge in [-0.25, -0.2) is 4.99 Å². The van der Waals surface area contributed by atoms with E-state index in [-0.39, 0.29) is 5.82 Å². The van der Waals surface area contributed by atoms with E-state index in [1.165, 1.54) is 5.56 Å². The Morgan fingerprint density at radius 3 is 2.47 bits per heavy atom. The summed E-state index contributed by atoms with van der Waals surface area (Å²) < 4.78 is 0. The van der Waals surface area contributed by atoms with Crippen LogP contribution in [0.3, 0.4) is 0 Å². The van der Waals surface area contributed by atoms with Crippen molar-refractivity contribution >= 4 is 23.1 Å². The van der Waals surface area contributed by atoms with Gasteiger partial charge in [-0.1, -0.05) is 35.9 Å². The van der Waals surface area contributed by atoms with E-state index in [0.29, 0.717) is 10.9 Å². The average Bonchev–Trinajstić information content (AvgIpc) is 2.19.